The van der Waals surface area contributed by atoms with E-state index < -0.39 is 9.85 Å². The first-order valence-electron chi connectivity index (χ1n) is 5.49. The molecule has 0 bridgehead atoms. The summed E-state index contributed by atoms with van der Waals surface area (Å²) in [5.41, 5.74) is 0.501. The molecule has 10 heteroatoms. The minimum Gasteiger partial charge on any atom is -0.258 e. The summed E-state index contributed by atoms with van der Waals surface area (Å²) in [5, 5.41) is 21.9. The molecule has 21 heavy (non-hydrogen) atoms. The van der Waals surface area contributed by atoms with Gasteiger partial charge in [-0.15, -0.1) is 0 Å². The van der Waals surface area contributed by atoms with Crippen LogP contribution < -0.4 is 0 Å². The molecule has 0 amide bonds. The van der Waals surface area contributed by atoms with Crippen LogP contribution in [0.25, 0.3) is 0 Å². The molecule has 0 radical (unpaired) electrons. The van der Waals surface area contributed by atoms with Crippen LogP contribution in [-0.4, -0.2) is 20.4 Å². The maximum atomic E-state index is 10.9. The van der Waals surface area contributed by atoms with Gasteiger partial charge in [-0.1, -0.05) is 6.07 Å². The SMILES string of the molecule is Cc1nsc(N=Cc2ccc(Br)c([N+](=O)[O-])c2)c1[N+](=O)[O-]. The van der Waals surface area contributed by atoms with Gasteiger partial charge in [0.1, 0.15) is 5.69 Å². The van der Waals surface area contributed by atoms with Gasteiger partial charge in [0.15, 0.2) is 0 Å². The lowest BCUT2D eigenvalue weighted by molar-refractivity contribution is -0.385. The summed E-state index contributed by atoms with van der Waals surface area (Å²) >= 11 is 3.98. The Kier molecular flexibility index (Phi) is 4.38. The quantitative estimate of drug-likeness (QED) is 0.461. The molecule has 0 fully saturated rings. The maximum absolute atomic E-state index is 10.9. The first-order chi connectivity index (χ1) is 9.90. The van der Waals surface area contributed by atoms with Crippen LogP contribution in [0.2, 0.25) is 0 Å². The Hall–Kier alpha value is -2.20. The van der Waals surface area contributed by atoms with Crippen LogP contribution in [0.3, 0.4) is 0 Å². The number of hydrogen-bond donors (Lipinski definition) is 0. The van der Waals surface area contributed by atoms with Gasteiger partial charge in [-0.3, -0.25) is 20.2 Å². The van der Waals surface area contributed by atoms with Crippen LogP contribution >= 0.6 is 27.5 Å². The third-order valence-electron chi connectivity index (χ3n) is 2.49. The van der Waals surface area contributed by atoms with Crippen LogP contribution in [0.4, 0.5) is 16.4 Å². The topological polar surface area (TPSA) is 112 Å². The Balaban J connectivity index is 2.36. The molecular weight excluding hydrogens is 364 g/mol. The molecule has 8 nitrogen and oxygen atoms in total. The Morgan fingerprint density at radius 3 is 2.67 bits per heavy atom. The zero-order valence-electron chi connectivity index (χ0n) is 10.5. The van der Waals surface area contributed by atoms with Gasteiger partial charge in [-0.05, 0) is 46.0 Å². The van der Waals surface area contributed by atoms with Crippen LogP contribution in [0.15, 0.2) is 27.7 Å². The van der Waals surface area contributed by atoms with Crippen molar-refractivity contribution in [3.05, 3.63) is 54.2 Å². The second-order valence-corrected chi connectivity index (χ2v) is 5.51. The molecule has 1 aromatic heterocycles. The summed E-state index contributed by atoms with van der Waals surface area (Å²) in [4.78, 5) is 24.7. The number of benzene rings is 1. The maximum Gasteiger partial charge on any atom is 0.328 e. The number of halogens is 1. The highest BCUT2D eigenvalue weighted by atomic mass is 79.9. The molecule has 0 saturated heterocycles. The lowest BCUT2D eigenvalue weighted by atomic mass is 10.2. The first-order valence-corrected chi connectivity index (χ1v) is 7.05. The van der Waals surface area contributed by atoms with E-state index in [-0.39, 0.29) is 16.4 Å². The number of nitro groups is 2. The van der Waals surface area contributed by atoms with Gasteiger partial charge in [0.05, 0.1) is 14.3 Å². The summed E-state index contributed by atoms with van der Waals surface area (Å²) in [7, 11) is 0. The van der Waals surface area contributed by atoms with E-state index in [4.69, 9.17) is 0 Å². The van der Waals surface area contributed by atoms with Crippen molar-refractivity contribution < 1.29 is 9.85 Å². The van der Waals surface area contributed by atoms with Gasteiger partial charge < -0.3 is 0 Å². The van der Waals surface area contributed by atoms with Crippen molar-refractivity contribution in [2.75, 3.05) is 0 Å². The van der Waals surface area contributed by atoms with E-state index in [9.17, 15) is 20.2 Å². The molecule has 0 aliphatic rings. The molecule has 108 valence electrons. The van der Waals surface area contributed by atoms with E-state index >= 15 is 0 Å². The monoisotopic (exact) mass is 370 g/mol. The van der Waals surface area contributed by atoms with Crippen LogP contribution in [0.5, 0.6) is 0 Å². The largest absolute Gasteiger partial charge is 0.328 e. The number of rotatable bonds is 4. The molecule has 0 spiro atoms. The molecule has 2 aromatic rings. The summed E-state index contributed by atoms with van der Waals surface area (Å²) in [6.07, 6.45) is 1.33. The highest BCUT2D eigenvalue weighted by Crippen LogP contribution is 2.34. The minimum absolute atomic E-state index is 0.103. The molecular formula is C11H7BrN4O4S. The highest BCUT2D eigenvalue weighted by molar-refractivity contribution is 9.10. The Morgan fingerprint density at radius 2 is 2.05 bits per heavy atom. The summed E-state index contributed by atoms with van der Waals surface area (Å²) in [6, 6.07) is 4.46. The number of nitrogens with zero attached hydrogens (tertiary/aromatic N) is 4. The van der Waals surface area contributed by atoms with Gasteiger partial charge in [0, 0.05) is 12.3 Å². The molecule has 0 saturated carbocycles. The van der Waals surface area contributed by atoms with E-state index in [0.29, 0.717) is 15.7 Å². The second kappa shape index (κ2) is 6.06. The summed E-state index contributed by atoms with van der Waals surface area (Å²) < 4.78 is 4.23. The lowest BCUT2D eigenvalue weighted by Gasteiger charge is -1.97. The van der Waals surface area contributed by atoms with Crippen LogP contribution in [0, 0.1) is 27.2 Å². The fraction of sp³-hybridized carbons (Fsp3) is 0.0909. The fourth-order valence-electron chi connectivity index (χ4n) is 1.53. The Bertz CT molecular complexity index is 759. The molecule has 0 aliphatic carbocycles. The summed E-state index contributed by atoms with van der Waals surface area (Å²) in [6.45, 7) is 1.53. The smallest absolute Gasteiger partial charge is 0.258 e. The molecule has 0 aliphatic heterocycles. The summed E-state index contributed by atoms with van der Waals surface area (Å²) in [5.74, 6) is 0. The highest BCUT2D eigenvalue weighted by Gasteiger charge is 2.21. The normalized spacial score (nSPS) is 11.0. The van der Waals surface area contributed by atoms with E-state index in [2.05, 4.69) is 25.3 Å². The van der Waals surface area contributed by atoms with Gasteiger partial charge in [0.2, 0.25) is 5.00 Å². The average Bonchev–Trinajstić information content (AvgIpc) is 2.78. The number of hydrogen-bond acceptors (Lipinski definition) is 7. The Morgan fingerprint density at radius 1 is 1.33 bits per heavy atom. The van der Waals surface area contributed by atoms with Gasteiger partial charge in [-0.2, -0.15) is 4.37 Å². The third kappa shape index (κ3) is 3.28. The van der Waals surface area contributed by atoms with Crippen molar-refractivity contribution >= 4 is 50.1 Å². The predicted molar refractivity (Wildman–Crippen MR) is 81.6 cm³/mol. The molecule has 0 atom stereocenters. The van der Waals surface area contributed by atoms with E-state index in [1.165, 1.54) is 25.3 Å². The first kappa shape index (κ1) is 15.2. The molecule has 0 unspecified atom stereocenters. The van der Waals surface area contributed by atoms with E-state index in [0.717, 1.165) is 11.5 Å². The van der Waals surface area contributed by atoms with Crippen LogP contribution in [0.1, 0.15) is 11.3 Å². The fourth-order valence-corrected chi connectivity index (χ4v) is 2.64. The Labute approximate surface area is 130 Å². The van der Waals surface area contributed by atoms with Gasteiger partial charge in [0.25, 0.3) is 5.69 Å². The van der Waals surface area contributed by atoms with Crippen LogP contribution in [-0.2, 0) is 0 Å². The van der Waals surface area contributed by atoms with Gasteiger partial charge >= 0.3 is 5.69 Å². The number of aliphatic imine (C=N–C) groups is 1. The average molecular weight is 371 g/mol. The van der Waals surface area contributed by atoms with Crippen molar-refractivity contribution in [1.29, 1.82) is 0 Å². The number of nitro benzene ring substituents is 1. The molecule has 1 heterocycles. The van der Waals surface area contributed by atoms with Crippen molar-refractivity contribution in [1.82, 2.24) is 4.37 Å². The number of aryl methyl sites for hydroxylation is 1. The van der Waals surface area contributed by atoms with Crippen molar-refractivity contribution in [3.8, 4) is 0 Å². The second-order valence-electron chi connectivity index (χ2n) is 3.91. The minimum atomic E-state index is -0.546. The predicted octanol–water partition coefficient (Wildman–Crippen LogP) is 3.78. The van der Waals surface area contributed by atoms with Gasteiger partial charge in [-0.25, -0.2) is 4.99 Å². The van der Waals surface area contributed by atoms with Crippen molar-refractivity contribution in [2.24, 2.45) is 4.99 Å². The number of aromatic nitrogens is 1. The van der Waals surface area contributed by atoms with Crippen molar-refractivity contribution in [2.45, 2.75) is 6.92 Å². The zero-order chi connectivity index (χ0) is 15.6. The van der Waals surface area contributed by atoms with Crippen molar-refractivity contribution in [3.63, 3.8) is 0 Å². The van der Waals surface area contributed by atoms with E-state index in [1.807, 2.05) is 0 Å². The van der Waals surface area contributed by atoms with E-state index in [1.54, 1.807) is 6.07 Å². The molecule has 2 rings (SSSR count). The lowest BCUT2D eigenvalue weighted by Crippen LogP contribution is -1.91. The third-order valence-corrected chi connectivity index (χ3v) is 4.00. The molecule has 1 aromatic carbocycles. The zero-order valence-corrected chi connectivity index (χ0v) is 12.9. The standard InChI is InChI=1S/C11H7BrN4O4S/c1-6-10(16(19)20)11(21-14-6)13-5-7-2-3-8(12)9(4-7)15(17)18/h2-5H,1H3. The molecule has 0 N–H and O–H groups in total.